The zero-order valence-corrected chi connectivity index (χ0v) is 48.1. The summed E-state index contributed by atoms with van der Waals surface area (Å²) in [5.41, 5.74) is 31.9. The van der Waals surface area contributed by atoms with Crippen LogP contribution in [-0.4, -0.2) is 95.8 Å². The molecule has 0 unspecified atom stereocenters. The van der Waals surface area contributed by atoms with Gasteiger partial charge >= 0.3 is 24.1 Å². The van der Waals surface area contributed by atoms with Crippen LogP contribution in [0.1, 0.15) is 33.4 Å². The Hall–Kier alpha value is -11.8. The molecule has 8 amide bonds. The SMILES string of the molecule is COc1cc(/C=C/C(=NNC(N)=O)C(=Cc2ccc(F)c(F)c2)C(/C=C/c2ccc(O)c(OC)c2)=NNC(N)=O)ccc1O.COc1cc(/C=C/C(=N\NC(N)=O)C(=Cc2ccc(F)c(F)c2)C(/C=C/c2ccc(O)c(OC)c2)=N/NC(N)=O)ccc1O.[Cu]. The summed E-state index contributed by atoms with van der Waals surface area (Å²) in [5.74, 6) is -4.13. The molecule has 0 bridgehead atoms. The Morgan fingerprint density at radius 3 is 0.798 bits per heavy atom. The Kier molecular flexibility index (Phi) is 26.8. The summed E-state index contributed by atoms with van der Waals surface area (Å²) in [7, 11) is 5.50. The van der Waals surface area contributed by atoms with Crippen molar-refractivity contribution in [3.05, 3.63) is 201 Å². The van der Waals surface area contributed by atoms with E-state index in [0.717, 1.165) is 24.3 Å². The molecule has 6 rings (SSSR count). The van der Waals surface area contributed by atoms with Crippen LogP contribution in [0.3, 0.4) is 0 Å². The molecule has 0 aliphatic heterocycles. The third-order valence-electron chi connectivity index (χ3n) is 11.3. The molecule has 24 nitrogen and oxygen atoms in total. The number of halogens is 4. The van der Waals surface area contributed by atoms with Gasteiger partial charge in [0.05, 0.1) is 51.3 Å². The van der Waals surface area contributed by atoms with Gasteiger partial charge in [-0.2, -0.15) is 20.4 Å². The van der Waals surface area contributed by atoms with Gasteiger partial charge in [0, 0.05) is 28.2 Å². The fraction of sp³-hybridized carbons (Fsp3) is 0.0667. The summed E-state index contributed by atoms with van der Waals surface area (Å²) in [5, 5.41) is 56.0. The average molecular weight is 1280 g/mol. The fourth-order valence-electron chi connectivity index (χ4n) is 7.20. The number of phenols is 4. The topological polar surface area (TPSA) is 388 Å². The third-order valence-corrected chi connectivity index (χ3v) is 11.3. The Balaban J connectivity index is 0.000000376. The zero-order valence-electron chi connectivity index (χ0n) is 47.1. The second-order valence-corrected chi connectivity index (χ2v) is 17.4. The molecule has 1 radical (unpaired) electrons. The van der Waals surface area contributed by atoms with E-state index >= 15 is 0 Å². The van der Waals surface area contributed by atoms with Gasteiger partial charge in [0.2, 0.25) is 0 Å². The third kappa shape index (κ3) is 21.9. The molecule has 16 N–H and O–H groups in total. The first kappa shape index (κ1) is 69.7. The van der Waals surface area contributed by atoms with Crippen LogP contribution in [0.5, 0.6) is 46.0 Å². The number of benzene rings is 6. The van der Waals surface area contributed by atoms with E-state index in [1.807, 2.05) is 0 Å². The van der Waals surface area contributed by atoms with Crippen LogP contribution < -0.4 is 63.6 Å². The quantitative estimate of drug-likeness (QED) is 0.0132. The van der Waals surface area contributed by atoms with E-state index in [4.69, 9.17) is 41.9 Å². The number of carbonyl (C=O) groups excluding carboxylic acids is 4. The number of allylic oxidation sites excluding steroid dienone is 6. The number of carbonyl (C=O) groups is 4. The van der Waals surface area contributed by atoms with Crippen LogP contribution in [-0.2, 0) is 17.1 Å². The standard InChI is InChI=1S/2C30H28F2N6O6.Cu/c2*1-43-27-15-17(6-11-25(27)39)4-9-23(35-37-29(33)41)20(13-19-3-8-21(31)22(32)14-19)24(36-38-30(34)42)10-5-18-7-12-26(40)28(16-18)44-2;/h2*3-16,39-40H,1-2H3,(H3,33,37,41)(H3,34,38,42);/b9-4+,10-5+,35-23+,36-24+;9-4+,10-5+,20-13?,35-23?,36-24?;. The Morgan fingerprint density at radius 2 is 0.596 bits per heavy atom. The largest absolute Gasteiger partial charge is 0.504 e. The van der Waals surface area contributed by atoms with Crippen LogP contribution in [0, 0.1) is 23.3 Å². The molecule has 89 heavy (non-hydrogen) atoms. The number of amides is 8. The Labute approximate surface area is 515 Å². The molecule has 0 heterocycles. The molecule has 29 heteroatoms. The van der Waals surface area contributed by atoms with Crippen molar-refractivity contribution in [2.75, 3.05) is 28.4 Å². The summed E-state index contributed by atoms with van der Waals surface area (Å²) >= 11 is 0. The molecule has 0 spiro atoms. The van der Waals surface area contributed by atoms with E-state index in [1.54, 1.807) is 24.3 Å². The van der Waals surface area contributed by atoms with Gasteiger partial charge in [-0.15, -0.1) is 0 Å². The van der Waals surface area contributed by atoms with Crippen molar-refractivity contribution in [2.24, 2.45) is 43.3 Å². The van der Waals surface area contributed by atoms with Crippen LogP contribution >= 0.6 is 0 Å². The number of rotatable bonds is 22. The summed E-state index contributed by atoms with van der Waals surface area (Å²) in [6.45, 7) is 0. The number of nitrogens with zero attached hydrogens (tertiary/aromatic N) is 4. The zero-order chi connectivity index (χ0) is 64.5. The van der Waals surface area contributed by atoms with E-state index in [2.05, 4.69) is 42.1 Å². The maximum atomic E-state index is 14.2. The molecular formula is C60H56CuF4N12O12. The van der Waals surface area contributed by atoms with Crippen molar-refractivity contribution in [1.82, 2.24) is 21.7 Å². The Morgan fingerprint density at radius 1 is 0.371 bits per heavy atom. The van der Waals surface area contributed by atoms with E-state index in [1.165, 1.54) is 150 Å². The molecule has 0 fully saturated rings. The number of methoxy groups -OCH3 is 4. The Bertz CT molecular complexity index is 3470. The summed E-state index contributed by atoms with van der Waals surface area (Å²) in [6, 6.07) is 20.0. The normalized spacial score (nSPS) is 11.7. The van der Waals surface area contributed by atoms with Crippen LogP contribution in [0.15, 0.2) is 165 Å². The number of phenolic OH excluding ortho intramolecular Hbond substituents is 4. The number of primary amides is 4. The van der Waals surface area contributed by atoms with Gasteiger partial charge in [0.1, 0.15) is 0 Å². The molecular weight excluding hydrogens is 1220 g/mol. The van der Waals surface area contributed by atoms with Crippen molar-refractivity contribution in [3.8, 4) is 46.0 Å². The first-order valence-electron chi connectivity index (χ1n) is 25.1. The summed E-state index contributed by atoms with van der Waals surface area (Å²) in [6.07, 6.45) is 14.5. The van der Waals surface area contributed by atoms with Crippen molar-refractivity contribution in [1.29, 1.82) is 0 Å². The second-order valence-electron chi connectivity index (χ2n) is 17.4. The number of hydrazone groups is 4. The van der Waals surface area contributed by atoms with Gasteiger partial charge in [-0.25, -0.2) is 58.4 Å². The van der Waals surface area contributed by atoms with Crippen LogP contribution in [0.2, 0.25) is 0 Å². The molecule has 0 aliphatic carbocycles. The summed E-state index contributed by atoms with van der Waals surface area (Å²) < 4.78 is 76.4. The number of hydrogen-bond donors (Lipinski definition) is 12. The number of urea groups is 4. The maximum Gasteiger partial charge on any atom is 0.332 e. The first-order chi connectivity index (χ1) is 42.0. The maximum absolute atomic E-state index is 14.2. The smallest absolute Gasteiger partial charge is 0.332 e. The predicted octanol–water partition coefficient (Wildman–Crippen LogP) is 8.50. The van der Waals surface area contributed by atoms with E-state index < -0.39 is 47.4 Å². The van der Waals surface area contributed by atoms with Gasteiger partial charge in [0.15, 0.2) is 69.3 Å². The molecule has 0 saturated heterocycles. The van der Waals surface area contributed by atoms with Crippen LogP contribution in [0.4, 0.5) is 36.7 Å². The number of ether oxygens (including phenoxy) is 4. The van der Waals surface area contributed by atoms with Crippen molar-refractivity contribution < 1.29 is 93.2 Å². The molecule has 6 aromatic rings. The number of hydrogen-bond acceptors (Lipinski definition) is 16. The monoisotopic (exact) mass is 1280 g/mol. The minimum absolute atomic E-state index is 0. The molecule has 0 saturated carbocycles. The number of nitrogens with one attached hydrogen (secondary N) is 4. The summed E-state index contributed by atoms with van der Waals surface area (Å²) in [4.78, 5) is 46.5. The van der Waals surface area contributed by atoms with Crippen molar-refractivity contribution in [2.45, 2.75) is 0 Å². The minimum Gasteiger partial charge on any atom is -0.504 e. The molecule has 0 atom stereocenters. The van der Waals surface area contributed by atoms with Crippen molar-refractivity contribution >= 4 is 83.4 Å². The van der Waals surface area contributed by atoms with E-state index in [9.17, 15) is 57.2 Å². The van der Waals surface area contributed by atoms with Gasteiger partial charge in [0.25, 0.3) is 0 Å². The molecule has 6 aromatic carbocycles. The predicted molar refractivity (Wildman–Crippen MR) is 324 cm³/mol. The number of nitrogens with two attached hydrogens (primary N) is 4. The fourth-order valence-corrected chi connectivity index (χ4v) is 7.20. The second kappa shape index (κ2) is 34.2. The average Bonchev–Trinajstić information content (AvgIpc) is 3.69. The number of aromatic hydroxyl groups is 4. The van der Waals surface area contributed by atoms with E-state index in [-0.39, 0.29) is 108 Å². The van der Waals surface area contributed by atoms with Gasteiger partial charge < -0.3 is 62.3 Å². The minimum atomic E-state index is -1.14. The first-order valence-corrected chi connectivity index (χ1v) is 25.1. The van der Waals surface area contributed by atoms with Crippen LogP contribution in [0.25, 0.3) is 36.5 Å². The van der Waals surface area contributed by atoms with E-state index in [0.29, 0.717) is 22.3 Å². The molecule has 467 valence electrons. The van der Waals surface area contributed by atoms with Gasteiger partial charge in [-0.3, -0.25) is 0 Å². The molecule has 0 aliphatic rings. The van der Waals surface area contributed by atoms with Gasteiger partial charge in [-0.05, 0) is 143 Å². The van der Waals surface area contributed by atoms with Crippen molar-refractivity contribution in [3.63, 3.8) is 0 Å². The molecule has 0 aromatic heterocycles. The van der Waals surface area contributed by atoms with Gasteiger partial charge in [-0.1, -0.05) is 60.7 Å².